The van der Waals surface area contributed by atoms with E-state index in [9.17, 15) is 15.0 Å². The number of hydrogen-bond donors (Lipinski definition) is 3. The van der Waals surface area contributed by atoms with Crippen molar-refractivity contribution in [2.24, 2.45) is 7.05 Å². The summed E-state index contributed by atoms with van der Waals surface area (Å²) in [7, 11) is 1.82. The van der Waals surface area contributed by atoms with E-state index >= 15 is 0 Å². The van der Waals surface area contributed by atoms with Gasteiger partial charge in [0.25, 0.3) is 0 Å². The second-order valence-corrected chi connectivity index (χ2v) is 9.25. The van der Waals surface area contributed by atoms with Crippen molar-refractivity contribution in [1.29, 1.82) is 0 Å². The number of aromatic hydroxyl groups is 2. The van der Waals surface area contributed by atoms with Gasteiger partial charge < -0.3 is 20.1 Å². The Labute approximate surface area is 180 Å². The highest BCUT2D eigenvalue weighted by molar-refractivity contribution is 7.16. The first kappa shape index (κ1) is 21.0. The Morgan fingerprint density at radius 3 is 2.47 bits per heavy atom. The van der Waals surface area contributed by atoms with Crippen molar-refractivity contribution < 1.29 is 10.2 Å². The van der Waals surface area contributed by atoms with Gasteiger partial charge in [-0.25, -0.2) is 0 Å². The average molecular weight is 430 g/mol. The van der Waals surface area contributed by atoms with Gasteiger partial charge in [-0.3, -0.25) is 9.36 Å². The number of nitrogens with one attached hydrogen (secondary N) is 1. The molecule has 0 spiro atoms. The smallest absolute Gasteiger partial charge is 0.307 e. The normalized spacial score (nSPS) is 13.4. The molecule has 1 aliphatic carbocycles. The highest BCUT2D eigenvalue weighted by atomic mass is 32.1. The molecular weight excluding hydrogens is 398 g/mol. The largest absolute Gasteiger partial charge is 0.494 e. The molecule has 3 N–H and O–H groups in total. The van der Waals surface area contributed by atoms with Crippen LogP contribution in [0.1, 0.15) is 48.8 Å². The topological polar surface area (TPSA) is 79.4 Å². The van der Waals surface area contributed by atoms with E-state index in [4.69, 9.17) is 0 Å². The van der Waals surface area contributed by atoms with Gasteiger partial charge in [0.15, 0.2) is 11.8 Å². The average Bonchev–Trinajstić information content (AvgIpc) is 3.39. The van der Waals surface area contributed by atoms with E-state index in [0.29, 0.717) is 6.54 Å². The van der Waals surface area contributed by atoms with E-state index in [1.54, 1.807) is 9.13 Å². The van der Waals surface area contributed by atoms with Gasteiger partial charge in [-0.2, -0.15) is 0 Å². The number of fused-ring (bicyclic) bond motifs is 2. The van der Waals surface area contributed by atoms with Gasteiger partial charge >= 0.3 is 4.87 Å². The minimum absolute atomic E-state index is 0.0950. The van der Waals surface area contributed by atoms with Crippen LogP contribution in [0.3, 0.4) is 0 Å². The third-order valence-electron chi connectivity index (χ3n) is 6.18. The summed E-state index contributed by atoms with van der Waals surface area (Å²) in [6.07, 6.45) is 8.01. The van der Waals surface area contributed by atoms with Gasteiger partial charge in [-0.1, -0.05) is 17.4 Å². The molecule has 2 heterocycles. The first-order valence-electron chi connectivity index (χ1n) is 11.0. The predicted molar refractivity (Wildman–Crippen MR) is 122 cm³/mol. The molecule has 3 aromatic rings. The summed E-state index contributed by atoms with van der Waals surface area (Å²) in [4.78, 5) is 11.8. The third kappa shape index (κ3) is 4.27. The van der Waals surface area contributed by atoms with E-state index in [2.05, 4.69) is 23.5 Å². The van der Waals surface area contributed by atoms with E-state index in [1.807, 2.05) is 7.05 Å². The summed E-state index contributed by atoms with van der Waals surface area (Å²) in [5, 5.41) is 24.0. The molecule has 30 heavy (non-hydrogen) atoms. The molecule has 6 nitrogen and oxygen atoms in total. The van der Waals surface area contributed by atoms with E-state index in [0.717, 1.165) is 85.8 Å². The van der Waals surface area contributed by atoms with Crippen LogP contribution in [0.15, 0.2) is 23.0 Å². The molecule has 0 atom stereocenters. The number of thiazole rings is 1. The van der Waals surface area contributed by atoms with Crippen LogP contribution in [-0.2, 0) is 32.9 Å². The first-order valence-corrected chi connectivity index (χ1v) is 11.8. The van der Waals surface area contributed by atoms with Crippen LogP contribution < -0.4 is 10.2 Å². The Morgan fingerprint density at radius 2 is 1.73 bits per heavy atom. The van der Waals surface area contributed by atoms with Crippen LogP contribution in [0, 0.1) is 0 Å². The Morgan fingerprint density at radius 1 is 1.03 bits per heavy atom. The molecule has 0 radical (unpaired) electrons. The van der Waals surface area contributed by atoms with Crippen molar-refractivity contribution in [2.75, 3.05) is 13.1 Å². The zero-order valence-corrected chi connectivity index (χ0v) is 18.4. The molecule has 0 bridgehead atoms. The number of hydrogen-bond acceptors (Lipinski definition) is 5. The van der Waals surface area contributed by atoms with Crippen LogP contribution in [0.5, 0.6) is 11.8 Å². The molecule has 162 valence electrons. The van der Waals surface area contributed by atoms with Crippen LogP contribution in [0.2, 0.25) is 0 Å². The molecule has 1 aliphatic rings. The van der Waals surface area contributed by atoms with Crippen LogP contribution in [0.4, 0.5) is 0 Å². The lowest BCUT2D eigenvalue weighted by Gasteiger charge is -2.09. The zero-order chi connectivity index (χ0) is 21.1. The Hall–Kier alpha value is -2.25. The maximum absolute atomic E-state index is 11.8. The number of unbranched alkanes of at least 4 members (excludes halogenated alkanes) is 2. The maximum Gasteiger partial charge on any atom is 0.307 e. The number of nitrogens with zero attached hydrogens (tertiary/aromatic N) is 2. The molecule has 0 saturated carbocycles. The van der Waals surface area contributed by atoms with Gasteiger partial charge in [0.05, 0.1) is 10.2 Å². The summed E-state index contributed by atoms with van der Waals surface area (Å²) >= 11 is 1.32. The number of benzene rings is 1. The molecule has 0 aliphatic heterocycles. The monoisotopic (exact) mass is 429 g/mol. The summed E-state index contributed by atoms with van der Waals surface area (Å²) in [5.74, 6) is 0.544. The van der Waals surface area contributed by atoms with Gasteiger partial charge in [0.2, 0.25) is 0 Å². The molecular formula is C23H31N3O3S. The quantitative estimate of drug-likeness (QED) is 0.430. The molecule has 1 aromatic carbocycles. The minimum Gasteiger partial charge on any atom is -0.494 e. The Bertz CT molecular complexity index is 1050. The van der Waals surface area contributed by atoms with Gasteiger partial charge in [-0.05, 0) is 82.2 Å². The lowest BCUT2D eigenvalue weighted by molar-refractivity contribution is 0.357. The van der Waals surface area contributed by atoms with Crippen LogP contribution >= 0.6 is 11.3 Å². The van der Waals surface area contributed by atoms with Crippen molar-refractivity contribution >= 4 is 21.6 Å². The summed E-state index contributed by atoms with van der Waals surface area (Å²) in [6.45, 7) is 2.61. The molecule has 4 rings (SSSR count). The van der Waals surface area contributed by atoms with Crippen LogP contribution in [0.25, 0.3) is 10.2 Å². The lowest BCUT2D eigenvalue weighted by Crippen LogP contribution is -2.17. The predicted octanol–water partition coefficient (Wildman–Crippen LogP) is 3.69. The molecule has 0 fully saturated rings. The fourth-order valence-electron chi connectivity index (χ4n) is 4.43. The third-order valence-corrected chi connectivity index (χ3v) is 7.18. The highest BCUT2D eigenvalue weighted by Crippen LogP contribution is 2.39. The number of aromatic nitrogens is 2. The minimum atomic E-state index is 0.0950. The van der Waals surface area contributed by atoms with Crippen molar-refractivity contribution in [3.05, 3.63) is 44.6 Å². The fraction of sp³-hybridized carbons (Fsp3) is 0.522. The summed E-state index contributed by atoms with van der Waals surface area (Å²) in [5.41, 5.74) is 4.21. The van der Waals surface area contributed by atoms with E-state index < -0.39 is 0 Å². The second kappa shape index (κ2) is 9.27. The van der Waals surface area contributed by atoms with E-state index in [1.165, 1.54) is 16.9 Å². The molecule has 7 heteroatoms. The second-order valence-electron chi connectivity index (χ2n) is 8.25. The Kier molecular flexibility index (Phi) is 6.49. The Balaban J connectivity index is 1.10. The molecule has 0 saturated heterocycles. The lowest BCUT2D eigenvalue weighted by atomic mass is 10.1. The van der Waals surface area contributed by atoms with Crippen LogP contribution in [-0.4, -0.2) is 32.4 Å². The summed E-state index contributed by atoms with van der Waals surface area (Å²) < 4.78 is 4.45. The van der Waals surface area contributed by atoms with Gasteiger partial charge in [-0.15, -0.1) is 0 Å². The maximum atomic E-state index is 11.8. The zero-order valence-electron chi connectivity index (χ0n) is 17.6. The van der Waals surface area contributed by atoms with E-state index in [-0.39, 0.29) is 16.6 Å². The molecule has 2 aromatic heterocycles. The highest BCUT2D eigenvalue weighted by Gasteiger charge is 2.25. The fourth-order valence-corrected chi connectivity index (χ4v) is 5.38. The first-order chi connectivity index (χ1) is 14.6. The van der Waals surface area contributed by atoms with Gasteiger partial charge in [0.1, 0.15) is 0 Å². The van der Waals surface area contributed by atoms with Crippen molar-refractivity contribution in [3.8, 4) is 11.8 Å². The van der Waals surface area contributed by atoms with Crippen molar-refractivity contribution in [2.45, 2.75) is 57.9 Å². The SMILES string of the molecule is Cn1c(=O)sc2cc(CCCCNCCCCn3c(O)c4c(c3O)CCC4)ccc21. The van der Waals surface area contributed by atoms with Gasteiger partial charge in [0, 0.05) is 24.7 Å². The molecule has 0 unspecified atom stereocenters. The molecule has 0 amide bonds. The number of aryl methyl sites for hydroxylation is 2. The standard InChI is InChI=1S/C23H31N3O3S/c1-25-19-11-10-16(15-20(19)30-23(25)29)7-2-3-12-24-13-4-5-14-26-21(27)17-8-6-9-18(17)22(26)28/h10-11,15,24,27-28H,2-9,12-14H2,1H3. The van der Waals surface area contributed by atoms with Crippen molar-refractivity contribution in [1.82, 2.24) is 14.5 Å². The summed E-state index contributed by atoms with van der Waals surface area (Å²) in [6, 6.07) is 6.33. The number of rotatable bonds is 10. The van der Waals surface area contributed by atoms with Crippen molar-refractivity contribution in [3.63, 3.8) is 0 Å².